The number of methoxy groups -OCH3 is 2. The van der Waals surface area contributed by atoms with Crippen LogP contribution in [0.3, 0.4) is 0 Å². The number of hydrogen-bond donors (Lipinski definition) is 2. The molecule has 1 atom stereocenters. The molecule has 0 saturated carbocycles. The van der Waals surface area contributed by atoms with Crippen molar-refractivity contribution in [2.45, 2.75) is 12.5 Å². The second-order valence-electron chi connectivity index (χ2n) is 3.68. The zero-order valence-electron chi connectivity index (χ0n) is 10.6. The van der Waals surface area contributed by atoms with Gasteiger partial charge in [-0.05, 0) is 19.0 Å². The fourth-order valence-electron chi connectivity index (χ4n) is 1.69. The Morgan fingerprint density at radius 1 is 1.39 bits per heavy atom. The molecular formula is C13H18N2O3. The maximum Gasteiger partial charge on any atom is 0.166 e. The van der Waals surface area contributed by atoms with E-state index in [4.69, 9.17) is 14.6 Å². The van der Waals surface area contributed by atoms with Crippen LogP contribution in [0.5, 0.6) is 11.5 Å². The first-order valence-electron chi connectivity index (χ1n) is 5.73. The number of nitrogens with zero attached hydrogens (tertiary/aromatic N) is 1. The molecule has 5 nitrogen and oxygen atoms in total. The summed E-state index contributed by atoms with van der Waals surface area (Å²) >= 11 is 0. The summed E-state index contributed by atoms with van der Waals surface area (Å²) in [5.41, 5.74) is 0.734. The van der Waals surface area contributed by atoms with Gasteiger partial charge in [0.05, 0.1) is 20.3 Å². The van der Waals surface area contributed by atoms with Crippen molar-refractivity contribution in [3.05, 3.63) is 23.8 Å². The monoisotopic (exact) mass is 250 g/mol. The van der Waals surface area contributed by atoms with Gasteiger partial charge in [-0.15, -0.1) is 0 Å². The average Bonchev–Trinajstić information content (AvgIpc) is 2.42. The van der Waals surface area contributed by atoms with Gasteiger partial charge in [0.2, 0.25) is 0 Å². The highest BCUT2D eigenvalue weighted by molar-refractivity contribution is 5.49. The number of ether oxygens (including phenoxy) is 2. The van der Waals surface area contributed by atoms with Gasteiger partial charge in [0, 0.05) is 12.2 Å². The zero-order chi connectivity index (χ0) is 13.4. The lowest BCUT2D eigenvalue weighted by atomic mass is 10.1. The second kappa shape index (κ2) is 7.54. The van der Waals surface area contributed by atoms with Crippen molar-refractivity contribution in [1.82, 2.24) is 5.32 Å². The van der Waals surface area contributed by atoms with Crippen LogP contribution in [0, 0.1) is 11.3 Å². The Kier molecular flexibility index (Phi) is 5.98. The van der Waals surface area contributed by atoms with E-state index >= 15 is 0 Å². The summed E-state index contributed by atoms with van der Waals surface area (Å²) in [6, 6.07) is 7.11. The van der Waals surface area contributed by atoms with Gasteiger partial charge >= 0.3 is 0 Å². The minimum atomic E-state index is -0.485. The Morgan fingerprint density at radius 2 is 2.17 bits per heavy atom. The van der Waals surface area contributed by atoms with Crippen molar-refractivity contribution >= 4 is 0 Å². The summed E-state index contributed by atoms with van der Waals surface area (Å²) in [4.78, 5) is 0. The van der Waals surface area contributed by atoms with Gasteiger partial charge in [-0.3, -0.25) is 5.32 Å². The van der Waals surface area contributed by atoms with E-state index in [0.29, 0.717) is 24.5 Å². The maximum absolute atomic E-state index is 9.19. The summed E-state index contributed by atoms with van der Waals surface area (Å²) < 4.78 is 10.5. The summed E-state index contributed by atoms with van der Waals surface area (Å²) in [5, 5.41) is 21.0. The molecular weight excluding hydrogens is 232 g/mol. The molecule has 0 heterocycles. The van der Waals surface area contributed by atoms with Gasteiger partial charge in [0.15, 0.2) is 11.5 Å². The van der Waals surface area contributed by atoms with Gasteiger partial charge in [-0.1, -0.05) is 12.1 Å². The molecule has 0 amide bonds. The van der Waals surface area contributed by atoms with E-state index in [2.05, 4.69) is 11.4 Å². The van der Waals surface area contributed by atoms with Crippen LogP contribution in [0.25, 0.3) is 0 Å². The Morgan fingerprint density at radius 3 is 2.72 bits per heavy atom. The summed E-state index contributed by atoms with van der Waals surface area (Å²) in [6.07, 6.45) is 0.602. The normalized spacial score (nSPS) is 11.7. The maximum atomic E-state index is 9.19. The molecule has 98 valence electrons. The number of nitrogens with one attached hydrogen (secondary N) is 1. The Hall–Kier alpha value is -1.77. The summed E-state index contributed by atoms with van der Waals surface area (Å²) in [7, 11) is 3.10. The van der Waals surface area contributed by atoms with Gasteiger partial charge in [0.1, 0.15) is 6.04 Å². The molecule has 1 rings (SSSR count). The zero-order valence-corrected chi connectivity index (χ0v) is 10.6. The largest absolute Gasteiger partial charge is 0.493 e. The van der Waals surface area contributed by atoms with Crippen molar-refractivity contribution in [3.8, 4) is 17.6 Å². The molecule has 0 radical (unpaired) electrons. The minimum Gasteiger partial charge on any atom is -0.493 e. The van der Waals surface area contributed by atoms with E-state index in [1.165, 1.54) is 0 Å². The van der Waals surface area contributed by atoms with Gasteiger partial charge < -0.3 is 14.6 Å². The van der Waals surface area contributed by atoms with E-state index in [-0.39, 0.29) is 6.61 Å². The standard InChI is InChI=1S/C13H18N2O3/c1-17-12-6-3-5-10(13(12)18-2)11(9-14)15-7-4-8-16/h3,5-6,11,15-16H,4,7-8H2,1-2H3. The van der Waals surface area contributed by atoms with E-state index in [9.17, 15) is 5.26 Å². The molecule has 0 spiro atoms. The van der Waals surface area contributed by atoms with Crippen LogP contribution in [-0.4, -0.2) is 32.5 Å². The lowest BCUT2D eigenvalue weighted by molar-refractivity contribution is 0.284. The Labute approximate surface area is 107 Å². The van der Waals surface area contributed by atoms with E-state index in [0.717, 1.165) is 5.56 Å². The fraction of sp³-hybridized carbons (Fsp3) is 0.462. The number of aliphatic hydroxyl groups is 1. The molecule has 0 fully saturated rings. The van der Waals surface area contributed by atoms with Crippen LogP contribution < -0.4 is 14.8 Å². The Bertz CT molecular complexity index is 415. The molecule has 2 N–H and O–H groups in total. The number of hydrogen-bond acceptors (Lipinski definition) is 5. The van der Waals surface area contributed by atoms with Crippen LogP contribution in [-0.2, 0) is 0 Å². The van der Waals surface area contributed by atoms with Gasteiger partial charge in [0.25, 0.3) is 0 Å². The number of aliphatic hydroxyl groups excluding tert-OH is 1. The van der Waals surface area contributed by atoms with Crippen LogP contribution in [0.4, 0.5) is 0 Å². The van der Waals surface area contributed by atoms with Crippen molar-refractivity contribution in [1.29, 1.82) is 5.26 Å². The highest BCUT2D eigenvalue weighted by Crippen LogP contribution is 2.34. The number of benzene rings is 1. The van der Waals surface area contributed by atoms with Gasteiger partial charge in [-0.25, -0.2) is 0 Å². The molecule has 0 aromatic heterocycles. The highest BCUT2D eigenvalue weighted by Gasteiger charge is 2.17. The minimum absolute atomic E-state index is 0.0976. The van der Waals surface area contributed by atoms with Crippen LogP contribution in [0.15, 0.2) is 18.2 Å². The lowest BCUT2D eigenvalue weighted by Gasteiger charge is -2.17. The number of nitriles is 1. The molecule has 0 bridgehead atoms. The van der Waals surface area contributed by atoms with Crippen LogP contribution in [0.2, 0.25) is 0 Å². The topological polar surface area (TPSA) is 74.5 Å². The van der Waals surface area contributed by atoms with Crippen molar-refractivity contribution in [3.63, 3.8) is 0 Å². The molecule has 0 aliphatic carbocycles. The summed E-state index contributed by atoms with van der Waals surface area (Å²) in [5.74, 6) is 1.15. The molecule has 5 heteroatoms. The van der Waals surface area contributed by atoms with E-state index in [1.807, 2.05) is 12.1 Å². The van der Waals surface area contributed by atoms with Crippen LogP contribution in [0.1, 0.15) is 18.0 Å². The number of rotatable bonds is 7. The predicted octanol–water partition coefficient (Wildman–Crippen LogP) is 1.24. The lowest BCUT2D eigenvalue weighted by Crippen LogP contribution is -2.22. The second-order valence-corrected chi connectivity index (χ2v) is 3.68. The summed E-state index contributed by atoms with van der Waals surface area (Å²) in [6.45, 7) is 0.662. The smallest absolute Gasteiger partial charge is 0.166 e. The SMILES string of the molecule is COc1cccc(C(C#N)NCCCO)c1OC. The van der Waals surface area contributed by atoms with Crippen LogP contribution >= 0.6 is 0 Å². The first kappa shape index (κ1) is 14.3. The van der Waals surface area contributed by atoms with E-state index < -0.39 is 6.04 Å². The van der Waals surface area contributed by atoms with Gasteiger partial charge in [-0.2, -0.15) is 5.26 Å². The van der Waals surface area contributed by atoms with Crippen molar-refractivity contribution < 1.29 is 14.6 Å². The molecule has 1 aromatic rings. The predicted molar refractivity (Wildman–Crippen MR) is 67.6 cm³/mol. The first-order valence-corrected chi connectivity index (χ1v) is 5.73. The number of para-hydroxylation sites is 1. The average molecular weight is 250 g/mol. The van der Waals surface area contributed by atoms with Crippen molar-refractivity contribution in [2.24, 2.45) is 0 Å². The fourth-order valence-corrected chi connectivity index (χ4v) is 1.69. The molecule has 0 aliphatic heterocycles. The third-order valence-corrected chi connectivity index (χ3v) is 2.56. The third-order valence-electron chi connectivity index (χ3n) is 2.56. The molecule has 0 saturated heterocycles. The molecule has 1 unspecified atom stereocenters. The molecule has 1 aromatic carbocycles. The quantitative estimate of drug-likeness (QED) is 0.712. The molecule has 0 aliphatic rings. The van der Waals surface area contributed by atoms with E-state index in [1.54, 1.807) is 20.3 Å². The highest BCUT2D eigenvalue weighted by atomic mass is 16.5. The third kappa shape index (κ3) is 3.36. The van der Waals surface area contributed by atoms with Crippen molar-refractivity contribution in [2.75, 3.05) is 27.4 Å². The Balaban J connectivity index is 2.95. The first-order chi connectivity index (χ1) is 8.78. The molecule has 18 heavy (non-hydrogen) atoms.